The summed E-state index contributed by atoms with van der Waals surface area (Å²) in [7, 11) is 1.40. The molecule has 0 aromatic heterocycles. The Morgan fingerprint density at radius 3 is 2.47 bits per heavy atom. The lowest BCUT2D eigenvalue weighted by molar-refractivity contribution is -0.141. The second-order valence-corrected chi connectivity index (χ2v) is 3.93. The van der Waals surface area contributed by atoms with Gasteiger partial charge in [-0.25, -0.2) is 0 Å². The minimum absolute atomic E-state index is 0.0312. The highest BCUT2D eigenvalue weighted by Gasteiger charge is 2.25. The molecule has 0 saturated heterocycles. The van der Waals surface area contributed by atoms with Crippen LogP contribution in [0.4, 0.5) is 0 Å². The molecule has 19 heavy (non-hydrogen) atoms. The topological polar surface area (TPSA) is 130 Å². The van der Waals surface area contributed by atoms with E-state index in [1.807, 2.05) is 0 Å². The van der Waals surface area contributed by atoms with Crippen molar-refractivity contribution in [2.45, 2.75) is 18.6 Å². The van der Waals surface area contributed by atoms with Crippen molar-refractivity contribution in [3.8, 4) is 5.75 Å². The maximum absolute atomic E-state index is 11.3. The van der Waals surface area contributed by atoms with Gasteiger partial charge in [-0.05, 0) is 17.7 Å². The molecule has 1 rings (SSSR count). The van der Waals surface area contributed by atoms with Gasteiger partial charge in [0, 0.05) is 5.56 Å². The zero-order valence-electron chi connectivity index (χ0n) is 10.2. The number of ether oxygens (including phenoxy) is 1. The molecule has 0 aliphatic carbocycles. The SMILES string of the molecule is COc1ccc(C(O)C(O)CC(=O)O)c(C(N)=O)c1. The summed E-state index contributed by atoms with van der Waals surface area (Å²) in [6, 6.07) is 4.14. The first-order valence-corrected chi connectivity index (χ1v) is 5.42. The van der Waals surface area contributed by atoms with E-state index in [2.05, 4.69) is 0 Å². The molecule has 0 heterocycles. The highest BCUT2D eigenvalue weighted by Crippen LogP contribution is 2.26. The van der Waals surface area contributed by atoms with Crippen molar-refractivity contribution in [3.63, 3.8) is 0 Å². The van der Waals surface area contributed by atoms with E-state index in [4.69, 9.17) is 15.6 Å². The number of carbonyl (C=O) groups is 2. The molecule has 7 heteroatoms. The molecule has 7 nitrogen and oxygen atoms in total. The van der Waals surface area contributed by atoms with Crippen molar-refractivity contribution in [1.82, 2.24) is 0 Å². The van der Waals surface area contributed by atoms with E-state index in [1.165, 1.54) is 25.3 Å². The quantitative estimate of drug-likeness (QED) is 0.559. The van der Waals surface area contributed by atoms with Gasteiger partial charge in [0.15, 0.2) is 0 Å². The van der Waals surface area contributed by atoms with E-state index in [0.29, 0.717) is 5.75 Å². The van der Waals surface area contributed by atoms with Crippen molar-refractivity contribution in [2.75, 3.05) is 7.11 Å². The summed E-state index contributed by atoms with van der Waals surface area (Å²) in [5, 5.41) is 28.0. The van der Waals surface area contributed by atoms with E-state index in [-0.39, 0.29) is 11.1 Å². The van der Waals surface area contributed by atoms with Gasteiger partial charge in [-0.1, -0.05) is 6.07 Å². The Morgan fingerprint density at radius 2 is 2.00 bits per heavy atom. The number of aliphatic carboxylic acids is 1. The number of aliphatic hydroxyl groups is 2. The predicted molar refractivity (Wildman–Crippen MR) is 64.7 cm³/mol. The third-order valence-electron chi connectivity index (χ3n) is 2.59. The summed E-state index contributed by atoms with van der Waals surface area (Å²) in [6.07, 6.45) is -3.71. The smallest absolute Gasteiger partial charge is 0.306 e. The molecule has 0 aliphatic rings. The molecule has 0 radical (unpaired) electrons. The predicted octanol–water partition coefficient (Wildman–Crippen LogP) is -0.337. The van der Waals surface area contributed by atoms with Crippen molar-refractivity contribution >= 4 is 11.9 Å². The van der Waals surface area contributed by atoms with Crippen molar-refractivity contribution in [3.05, 3.63) is 29.3 Å². The van der Waals surface area contributed by atoms with Crippen LogP contribution >= 0.6 is 0 Å². The Kier molecular flexibility index (Phi) is 4.85. The summed E-state index contributed by atoms with van der Waals surface area (Å²) in [5.74, 6) is -1.71. The van der Waals surface area contributed by atoms with Gasteiger partial charge >= 0.3 is 5.97 Å². The fourth-order valence-corrected chi connectivity index (χ4v) is 1.63. The maximum Gasteiger partial charge on any atom is 0.306 e. The minimum atomic E-state index is -1.54. The molecule has 5 N–H and O–H groups in total. The number of hydrogen-bond acceptors (Lipinski definition) is 5. The molecule has 1 aromatic carbocycles. The number of rotatable bonds is 6. The number of nitrogens with two attached hydrogens (primary N) is 1. The first kappa shape index (κ1) is 14.9. The number of hydrogen-bond donors (Lipinski definition) is 4. The number of aliphatic hydroxyl groups excluding tert-OH is 2. The number of carboxylic acids is 1. The number of amides is 1. The van der Waals surface area contributed by atoms with Gasteiger partial charge in [0.05, 0.1) is 19.6 Å². The van der Waals surface area contributed by atoms with E-state index in [1.54, 1.807) is 0 Å². The monoisotopic (exact) mass is 269 g/mol. The van der Waals surface area contributed by atoms with E-state index >= 15 is 0 Å². The third kappa shape index (κ3) is 3.67. The van der Waals surface area contributed by atoms with Gasteiger partial charge in [0.1, 0.15) is 11.9 Å². The molecule has 1 aromatic rings. The second kappa shape index (κ2) is 6.17. The molecule has 1 amide bonds. The molecule has 104 valence electrons. The minimum Gasteiger partial charge on any atom is -0.497 e. The average Bonchev–Trinajstić information content (AvgIpc) is 2.36. The standard InChI is InChI=1S/C12H15NO6/c1-19-6-2-3-7(8(4-6)12(13)18)11(17)9(14)5-10(15)16/h2-4,9,11,14,17H,5H2,1H3,(H2,13,18)(H,15,16). The van der Waals surface area contributed by atoms with E-state index in [9.17, 15) is 19.8 Å². The zero-order valence-corrected chi connectivity index (χ0v) is 10.2. The summed E-state index contributed by atoms with van der Waals surface area (Å²) in [5.41, 5.74) is 5.20. The van der Waals surface area contributed by atoms with Crippen molar-refractivity contribution < 1.29 is 29.6 Å². The van der Waals surface area contributed by atoms with Crippen LogP contribution in [-0.4, -0.2) is 40.4 Å². The van der Waals surface area contributed by atoms with Crippen LogP contribution in [0.5, 0.6) is 5.75 Å². The average molecular weight is 269 g/mol. The summed E-state index contributed by atoms with van der Waals surface area (Å²) < 4.78 is 4.92. The number of carbonyl (C=O) groups excluding carboxylic acids is 1. The van der Waals surface area contributed by atoms with Gasteiger partial charge in [-0.3, -0.25) is 9.59 Å². The molecule has 0 fully saturated rings. The number of primary amides is 1. The van der Waals surface area contributed by atoms with Gasteiger partial charge < -0.3 is 25.8 Å². The molecule has 2 unspecified atom stereocenters. The summed E-state index contributed by atoms with van der Waals surface area (Å²) in [6.45, 7) is 0. The van der Waals surface area contributed by atoms with Crippen LogP contribution in [0.25, 0.3) is 0 Å². The van der Waals surface area contributed by atoms with E-state index in [0.717, 1.165) is 0 Å². The van der Waals surface area contributed by atoms with Gasteiger partial charge in [-0.2, -0.15) is 0 Å². The molecular weight excluding hydrogens is 254 g/mol. The van der Waals surface area contributed by atoms with Crippen LogP contribution < -0.4 is 10.5 Å². The normalized spacial score (nSPS) is 13.6. The number of carboxylic acid groups (broad SMARTS) is 1. The Balaban J connectivity index is 3.11. The molecule has 0 spiro atoms. The molecule has 2 atom stereocenters. The lowest BCUT2D eigenvalue weighted by Gasteiger charge is -2.19. The van der Waals surface area contributed by atoms with Gasteiger partial charge in [0.2, 0.25) is 5.91 Å². The van der Waals surface area contributed by atoms with Crippen LogP contribution in [0.1, 0.15) is 28.4 Å². The third-order valence-corrected chi connectivity index (χ3v) is 2.59. The second-order valence-electron chi connectivity index (χ2n) is 3.93. The fraction of sp³-hybridized carbons (Fsp3) is 0.333. The largest absolute Gasteiger partial charge is 0.497 e. The number of methoxy groups -OCH3 is 1. The van der Waals surface area contributed by atoms with Gasteiger partial charge in [-0.15, -0.1) is 0 Å². The molecule has 0 aliphatic heterocycles. The lowest BCUT2D eigenvalue weighted by Crippen LogP contribution is -2.25. The number of benzene rings is 1. The Hall–Kier alpha value is -2.12. The van der Waals surface area contributed by atoms with Crippen LogP contribution in [-0.2, 0) is 4.79 Å². The first-order valence-electron chi connectivity index (χ1n) is 5.42. The Morgan fingerprint density at radius 1 is 1.37 bits per heavy atom. The highest BCUT2D eigenvalue weighted by atomic mass is 16.5. The Bertz CT molecular complexity index is 487. The van der Waals surface area contributed by atoms with Crippen LogP contribution in [0.2, 0.25) is 0 Å². The molecule has 0 bridgehead atoms. The Labute approximate surface area is 109 Å². The fourth-order valence-electron chi connectivity index (χ4n) is 1.63. The lowest BCUT2D eigenvalue weighted by atomic mass is 9.96. The summed E-state index contributed by atoms with van der Waals surface area (Å²) in [4.78, 5) is 21.8. The molecular formula is C12H15NO6. The zero-order chi connectivity index (χ0) is 14.6. The maximum atomic E-state index is 11.3. The summed E-state index contributed by atoms with van der Waals surface area (Å²) >= 11 is 0. The van der Waals surface area contributed by atoms with Crippen LogP contribution in [0.3, 0.4) is 0 Å². The van der Waals surface area contributed by atoms with E-state index < -0.39 is 30.5 Å². The van der Waals surface area contributed by atoms with Crippen LogP contribution in [0.15, 0.2) is 18.2 Å². The van der Waals surface area contributed by atoms with Crippen molar-refractivity contribution in [2.24, 2.45) is 5.73 Å². The van der Waals surface area contributed by atoms with Crippen LogP contribution in [0, 0.1) is 0 Å². The van der Waals surface area contributed by atoms with Crippen molar-refractivity contribution in [1.29, 1.82) is 0 Å². The molecule has 0 saturated carbocycles. The van der Waals surface area contributed by atoms with Gasteiger partial charge in [0.25, 0.3) is 0 Å². The first-order chi connectivity index (χ1) is 8.86. The highest BCUT2D eigenvalue weighted by molar-refractivity contribution is 5.95.